The molecular formula is C44H42N12O2. The molecule has 2 aliphatic heterocycles. The number of fused-ring (bicyclic) bond motifs is 2. The predicted octanol–water partition coefficient (Wildman–Crippen LogP) is 7.08. The smallest absolute Gasteiger partial charge is 0.267 e. The zero-order chi connectivity index (χ0) is 39.0. The SMILES string of the molecule is Cc1ccncc1-c1ccc2cnc(N(c3ccc(N4CCOCC4)cc3)N(c3ccc(N4CCOCC4)cc3)c3ncc4ccc(-c5cnccc5C)n4n3)nn12. The van der Waals surface area contributed by atoms with Crippen molar-refractivity contribution in [2.45, 2.75) is 13.8 Å². The first-order valence-corrected chi connectivity index (χ1v) is 19.6. The number of pyridine rings is 2. The lowest BCUT2D eigenvalue weighted by atomic mass is 10.1. The highest BCUT2D eigenvalue weighted by atomic mass is 16.5. The molecule has 2 saturated heterocycles. The number of morpholine rings is 2. The van der Waals surface area contributed by atoms with E-state index in [1.165, 1.54) is 0 Å². The van der Waals surface area contributed by atoms with E-state index >= 15 is 0 Å². The second-order valence-corrected chi connectivity index (χ2v) is 14.5. The van der Waals surface area contributed by atoms with Gasteiger partial charge < -0.3 is 19.3 Å². The summed E-state index contributed by atoms with van der Waals surface area (Å²) in [6, 6.07) is 29.2. The van der Waals surface area contributed by atoms with Crippen LogP contribution in [0.4, 0.5) is 34.6 Å². The van der Waals surface area contributed by atoms with Crippen LogP contribution in [0.2, 0.25) is 0 Å². The normalized spacial score (nSPS) is 14.7. The molecule has 0 amide bonds. The summed E-state index contributed by atoms with van der Waals surface area (Å²) in [7, 11) is 0. The molecule has 6 aromatic heterocycles. The van der Waals surface area contributed by atoms with Crippen LogP contribution >= 0.6 is 0 Å². The lowest BCUT2D eigenvalue weighted by molar-refractivity contribution is 0.122. The molecule has 0 N–H and O–H groups in total. The lowest BCUT2D eigenvalue weighted by Gasteiger charge is -2.35. The van der Waals surface area contributed by atoms with E-state index in [9.17, 15) is 0 Å². The molecule has 0 saturated carbocycles. The van der Waals surface area contributed by atoms with Gasteiger partial charge in [-0.1, -0.05) is 0 Å². The van der Waals surface area contributed by atoms with E-state index in [0.29, 0.717) is 38.3 Å². The average Bonchev–Trinajstić information content (AvgIpc) is 3.91. The number of anilines is 6. The van der Waals surface area contributed by atoms with Gasteiger partial charge in [0.15, 0.2) is 0 Å². The van der Waals surface area contributed by atoms with Crippen molar-refractivity contribution in [3.8, 4) is 22.5 Å². The van der Waals surface area contributed by atoms with Crippen LogP contribution in [0.15, 0.2) is 122 Å². The fourth-order valence-electron chi connectivity index (χ4n) is 7.75. The van der Waals surface area contributed by atoms with Crippen LogP contribution in [0, 0.1) is 13.8 Å². The number of hydrogen-bond acceptors (Lipinski definition) is 12. The van der Waals surface area contributed by atoms with Crippen LogP contribution in [-0.2, 0) is 9.47 Å². The van der Waals surface area contributed by atoms with Crippen molar-refractivity contribution in [1.29, 1.82) is 0 Å². The molecule has 2 aliphatic rings. The number of hydrogen-bond donors (Lipinski definition) is 0. The third-order valence-corrected chi connectivity index (χ3v) is 10.9. The van der Waals surface area contributed by atoms with Crippen molar-refractivity contribution in [3.63, 3.8) is 0 Å². The highest BCUT2D eigenvalue weighted by Crippen LogP contribution is 2.37. The first-order chi connectivity index (χ1) is 28.6. The Bertz CT molecular complexity index is 2510. The monoisotopic (exact) mass is 770 g/mol. The number of aryl methyl sites for hydroxylation is 2. The van der Waals surface area contributed by atoms with Crippen LogP contribution in [0.3, 0.4) is 0 Å². The fourth-order valence-corrected chi connectivity index (χ4v) is 7.75. The molecule has 290 valence electrons. The van der Waals surface area contributed by atoms with Gasteiger partial charge in [0, 0.05) is 73.5 Å². The molecule has 0 spiro atoms. The van der Waals surface area contributed by atoms with Gasteiger partial charge in [0.05, 0.1) is 72.6 Å². The summed E-state index contributed by atoms with van der Waals surface area (Å²) in [5.74, 6) is 0.838. The number of ether oxygens (including phenoxy) is 2. The third kappa shape index (κ3) is 6.61. The standard InChI is InChI=1S/C44H42N12O2/c1-31-15-17-45-29-39(31)41-13-11-37-27-47-43(49-53(37)41)55(35-7-3-33(4-8-35)51-19-23-57-24-20-51)56(36-9-5-34(6-10-36)52-21-25-58-26-22-52)44-48-28-38-12-14-42(54(38)50-44)40-30-46-18-16-32(40)2/h3-18,27-30H,19-26H2,1-2H3. The highest BCUT2D eigenvalue weighted by molar-refractivity contribution is 5.76. The van der Waals surface area contributed by atoms with Crippen molar-refractivity contribution in [2.24, 2.45) is 0 Å². The molecule has 8 aromatic rings. The largest absolute Gasteiger partial charge is 0.378 e. The summed E-state index contributed by atoms with van der Waals surface area (Å²) < 4.78 is 15.2. The quantitative estimate of drug-likeness (QED) is 0.140. The highest BCUT2D eigenvalue weighted by Gasteiger charge is 2.29. The Kier molecular flexibility index (Phi) is 9.31. The molecule has 2 fully saturated rings. The topological polar surface area (TPSA) is 118 Å². The van der Waals surface area contributed by atoms with Gasteiger partial charge in [0.1, 0.15) is 0 Å². The van der Waals surface area contributed by atoms with Crippen molar-refractivity contribution in [1.82, 2.24) is 39.2 Å². The van der Waals surface area contributed by atoms with E-state index in [4.69, 9.17) is 29.6 Å². The minimum atomic E-state index is 0.419. The van der Waals surface area contributed by atoms with Gasteiger partial charge >= 0.3 is 0 Å². The molecule has 0 bridgehead atoms. The van der Waals surface area contributed by atoms with E-state index in [0.717, 1.165) is 93.6 Å². The Morgan fingerprint density at radius 3 is 1.29 bits per heavy atom. The summed E-state index contributed by atoms with van der Waals surface area (Å²) in [5, 5.41) is 14.5. The minimum Gasteiger partial charge on any atom is -0.378 e. The molecule has 0 aliphatic carbocycles. The van der Waals surface area contributed by atoms with Crippen LogP contribution in [0.5, 0.6) is 0 Å². The van der Waals surface area contributed by atoms with Crippen LogP contribution in [0.1, 0.15) is 11.1 Å². The maximum absolute atomic E-state index is 5.65. The summed E-state index contributed by atoms with van der Waals surface area (Å²) in [6.45, 7) is 10.3. The van der Waals surface area contributed by atoms with Gasteiger partial charge in [-0.15, -0.1) is 10.2 Å². The van der Waals surface area contributed by atoms with E-state index in [2.05, 4.69) is 94.3 Å². The Labute approximate surface area is 335 Å². The molecule has 0 unspecified atom stereocenters. The van der Waals surface area contributed by atoms with E-state index < -0.39 is 0 Å². The molecule has 58 heavy (non-hydrogen) atoms. The number of hydrazine groups is 1. The Morgan fingerprint density at radius 1 is 0.483 bits per heavy atom. The van der Waals surface area contributed by atoms with E-state index in [1.807, 2.05) is 80.5 Å². The lowest BCUT2D eigenvalue weighted by Crippen LogP contribution is -2.39. The maximum atomic E-state index is 5.65. The summed E-state index contributed by atoms with van der Waals surface area (Å²) >= 11 is 0. The van der Waals surface area contributed by atoms with Crippen LogP contribution in [-0.4, -0.2) is 91.8 Å². The second-order valence-electron chi connectivity index (χ2n) is 14.5. The summed E-state index contributed by atoms with van der Waals surface area (Å²) in [4.78, 5) is 23.6. The van der Waals surface area contributed by atoms with Crippen molar-refractivity contribution in [3.05, 3.63) is 133 Å². The zero-order valence-electron chi connectivity index (χ0n) is 32.4. The molecule has 0 radical (unpaired) electrons. The summed E-state index contributed by atoms with van der Waals surface area (Å²) in [5.41, 5.74) is 11.6. The molecule has 10 rings (SSSR count). The third-order valence-electron chi connectivity index (χ3n) is 10.9. The molecule has 14 nitrogen and oxygen atoms in total. The Morgan fingerprint density at radius 2 is 0.897 bits per heavy atom. The Hall–Kier alpha value is -6.90. The molecule has 8 heterocycles. The zero-order valence-corrected chi connectivity index (χ0v) is 32.4. The van der Waals surface area contributed by atoms with Crippen LogP contribution < -0.4 is 19.8 Å². The molecule has 14 heteroatoms. The maximum Gasteiger partial charge on any atom is 0.267 e. The van der Waals surface area contributed by atoms with Crippen molar-refractivity contribution < 1.29 is 9.47 Å². The fraction of sp³-hybridized carbons (Fsp3) is 0.227. The van der Waals surface area contributed by atoms with Gasteiger partial charge in [0.25, 0.3) is 11.9 Å². The Balaban J connectivity index is 1.17. The molecule has 2 aromatic carbocycles. The minimum absolute atomic E-state index is 0.419. The van der Waals surface area contributed by atoms with Gasteiger partial charge in [-0.2, -0.15) is 0 Å². The van der Waals surface area contributed by atoms with Gasteiger partial charge in [0.2, 0.25) is 0 Å². The summed E-state index contributed by atoms with van der Waals surface area (Å²) in [6.07, 6.45) is 11.1. The number of nitrogens with zero attached hydrogens (tertiary/aromatic N) is 12. The van der Waals surface area contributed by atoms with E-state index in [-0.39, 0.29) is 0 Å². The number of rotatable bonds is 9. The molecular weight excluding hydrogens is 729 g/mol. The van der Waals surface area contributed by atoms with Gasteiger partial charge in [-0.25, -0.2) is 29.0 Å². The first kappa shape index (κ1) is 35.5. The van der Waals surface area contributed by atoms with Crippen LogP contribution in [0.25, 0.3) is 33.5 Å². The number of aromatic nitrogens is 8. The second kappa shape index (κ2) is 15.2. The van der Waals surface area contributed by atoms with Gasteiger partial charge in [-0.3, -0.25) is 9.97 Å². The van der Waals surface area contributed by atoms with E-state index in [1.54, 1.807) is 0 Å². The predicted molar refractivity (Wildman–Crippen MR) is 225 cm³/mol. The first-order valence-electron chi connectivity index (χ1n) is 19.6. The van der Waals surface area contributed by atoms with Gasteiger partial charge in [-0.05, 0) is 110 Å². The number of benzene rings is 2. The average molecular weight is 771 g/mol. The molecule has 0 atom stereocenters. The van der Waals surface area contributed by atoms with Crippen molar-refractivity contribution >= 4 is 45.7 Å². The van der Waals surface area contributed by atoms with Crippen molar-refractivity contribution in [2.75, 3.05) is 72.4 Å².